The molecule has 0 bridgehead atoms. The van der Waals surface area contributed by atoms with E-state index in [1.54, 1.807) is 7.11 Å². The van der Waals surface area contributed by atoms with Crippen LogP contribution in [-0.2, 0) is 13.6 Å². The third-order valence-electron chi connectivity index (χ3n) is 5.97. The Hall–Kier alpha value is -3.16. The number of hydrogen-bond donors (Lipinski definition) is 0. The molecule has 5 rings (SSSR count). The average Bonchev–Trinajstić information content (AvgIpc) is 3.40. The molecule has 2 aromatic carbocycles. The Balaban J connectivity index is 1.32. The van der Waals surface area contributed by atoms with Crippen LogP contribution in [0, 0.1) is 0 Å². The van der Waals surface area contributed by atoms with Crippen LogP contribution >= 0.6 is 11.3 Å². The lowest BCUT2D eigenvalue weighted by Gasteiger charge is -2.34. The predicted octanol–water partition coefficient (Wildman–Crippen LogP) is 4.27. The van der Waals surface area contributed by atoms with Gasteiger partial charge in [0, 0.05) is 50.7 Å². The van der Waals surface area contributed by atoms with E-state index in [0.29, 0.717) is 0 Å². The summed E-state index contributed by atoms with van der Waals surface area (Å²) in [4.78, 5) is 19.4. The molecule has 7 heteroatoms. The Morgan fingerprint density at radius 1 is 1.03 bits per heavy atom. The van der Waals surface area contributed by atoms with E-state index in [1.165, 1.54) is 16.9 Å². The summed E-state index contributed by atoms with van der Waals surface area (Å²) in [5.41, 5.74) is 3.18. The zero-order chi connectivity index (χ0) is 22.1. The van der Waals surface area contributed by atoms with Gasteiger partial charge in [0.2, 0.25) is 0 Å². The van der Waals surface area contributed by atoms with Crippen molar-refractivity contribution in [1.29, 1.82) is 0 Å². The van der Waals surface area contributed by atoms with E-state index in [4.69, 9.17) is 9.84 Å². The minimum atomic E-state index is 0.113. The maximum absolute atomic E-state index is 13.3. The third kappa shape index (κ3) is 4.01. The Bertz CT molecular complexity index is 1240. The molecule has 0 aliphatic carbocycles. The molecule has 0 spiro atoms. The Morgan fingerprint density at radius 2 is 1.81 bits per heavy atom. The Morgan fingerprint density at radius 3 is 2.56 bits per heavy atom. The summed E-state index contributed by atoms with van der Waals surface area (Å²) in [6.45, 7) is 4.22. The van der Waals surface area contributed by atoms with Crippen LogP contribution in [0.25, 0.3) is 21.5 Å². The van der Waals surface area contributed by atoms with Crippen LogP contribution in [0.3, 0.4) is 0 Å². The number of hydrogen-bond acceptors (Lipinski definition) is 5. The molecule has 164 valence electrons. The zero-order valence-electron chi connectivity index (χ0n) is 18.3. The van der Waals surface area contributed by atoms with Crippen LogP contribution in [0.5, 0.6) is 5.75 Å². The summed E-state index contributed by atoms with van der Waals surface area (Å²) >= 11 is 1.52. The number of methoxy groups -OCH3 is 1. The van der Waals surface area contributed by atoms with Gasteiger partial charge in [-0.1, -0.05) is 42.5 Å². The number of piperazine rings is 1. The molecule has 6 nitrogen and oxygen atoms in total. The molecule has 0 N–H and O–H groups in total. The summed E-state index contributed by atoms with van der Waals surface area (Å²) in [6.07, 6.45) is 0. The summed E-state index contributed by atoms with van der Waals surface area (Å²) in [5, 5.41) is 5.71. The molecule has 1 fully saturated rings. The van der Waals surface area contributed by atoms with Crippen LogP contribution in [0.15, 0.2) is 60.7 Å². The van der Waals surface area contributed by atoms with Crippen LogP contribution in [0.4, 0.5) is 0 Å². The predicted molar refractivity (Wildman–Crippen MR) is 128 cm³/mol. The molecular weight excluding hydrogens is 420 g/mol. The van der Waals surface area contributed by atoms with E-state index >= 15 is 0 Å². The molecule has 0 unspecified atom stereocenters. The minimum absolute atomic E-state index is 0.113. The van der Waals surface area contributed by atoms with Gasteiger partial charge in [-0.15, -0.1) is 11.3 Å². The largest absolute Gasteiger partial charge is 0.497 e. The van der Waals surface area contributed by atoms with Gasteiger partial charge in [0.15, 0.2) is 0 Å². The average molecular weight is 447 g/mol. The topological polar surface area (TPSA) is 50.6 Å². The van der Waals surface area contributed by atoms with Gasteiger partial charge >= 0.3 is 0 Å². The van der Waals surface area contributed by atoms with Gasteiger partial charge < -0.3 is 9.64 Å². The molecule has 0 atom stereocenters. The van der Waals surface area contributed by atoms with Gasteiger partial charge in [0.1, 0.15) is 16.3 Å². The number of fused-ring (bicyclic) bond motifs is 1. The van der Waals surface area contributed by atoms with Crippen molar-refractivity contribution in [3.8, 4) is 17.0 Å². The number of amides is 1. The molecule has 1 amide bonds. The van der Waals surface area contributed by atoms with Crippen molar-refractivity contribution in [1.82, 2.24) is 19.6 Å². The highest BCUT2D eigenvalue weighted by atomic mass is 32.1. The van der Waals surface area contributed by atoms with Gasteiger partial charge in [0.05, 0.1) is 12.0 Å². The first kappa shape index (κ1) is 20.7. The van der Waals surface area contributed by atoms with Crippen molar-refractivity contribution in [3.05, 3.63) is 71.1 Å². The van der Waals surface area contributed by atoms with E-state index in [1.807, 2.05) is 53.0 Å². The first-order chi connectivity index (χ1) is 15.6. The second kappa shape index (κ2) is 8.76. The van der Waals surface area contributed by atoms with Gasteiger partial charge in [-0.3, -0.25) is 14.4 Å². The van der Waals surface area contributed by atoms with Crippen LogP contribution in [0.1, 0.15) is 15.2 Å². The maximum Gasteiger partial charge on any atom is 0.264 e. The first-order valence-corrected chi connectivity index (χ1v) is 11.6. The fourth-order valence-electron chi connectivity index (χ4n) is 4.24. The van der Waals surface area contributed by atoms with Crippen LogP contribution in [-0.4, -0.2) is 58.8 Å². The lowest BCUT2D eigenvalue weighted by atomic mass is 10.1. The number of aromatic nitrogens is 2. The van der Waals surface area contributed by atoms with Gasteiger partial charge in [-0.2, -0.15) is 5.10 Å². The van der Waals surface area contributed by atoms with Crippen molar-refractivity contribution in [2.45, 2.75) is 6.54 Å². The summed E-state index contributed by atoms with van der Waals surface area (Å²) in [5.74, 6) is 0.906. The molecule has 4 aromatic rings. The lowest BCUT2D eigenvalue weighted by Crippen LogP contribution is -2.48. The Labute approximate surface area is 191 Å². The van der Waals surface area contributed by atoms with E-state index in [9.17, 15) is 4.79 Å². The van der Waals surface area contributed by atoms with Crippen LogP contribution < -0.4 is 4.74 Å². The molecule has 32 heavy (non-hydrogen) atoms. The highest BCUT2D eigenvalue weighted by Gasteiger charge is 2.25. The number of aryl methyl sites for hydroxylation is 1. The molecule has 2 aromatic heterocycles. The van der Waals surface area contributed by atoms with Crippen molar-refractivity contribution in [3.63, 3.8) is 0 Å². The number of ether oxygens (including phenoxy) is 1. The number of nitrogens with zero attached hydrogens (tertiary/aromatic N) is 4. The second-order valence-electron chi connectivity index (χ2n) is 8.09. The SMILES string of the molecule is COc1cccc(-c2nn(C)c3sc(C(=O)N4CCN(Cc5ccccc5)CC4)cc23)c1. The highest BCUT2D eigenvalue weighted by Crippen LogP contribution is 2.35. The molecule has 1 saturated heterocycles. The lowest BCUT2D eigenvalue weighted by molar-refractivity contribution is 0.0633. The quantitative estimate of drug-likeness (QED) is 0.459. The van der Waals surface area contributed by atoms with E-state index in [-0.39, 0.29) is 5.91 Å². The van der Waals surface area contributed by atoms with Crippen molar-refractivity contribution in [2.24, 2.45) is 7.05 Å². The monoisotopic (exact) mass is 446 g/mol. The Kier molecular flexibility index (Phi) is 5.68. The van der Waals surface area contributed by atoms with E-state index in [2.05, 4.69) is 29.2 Å². The number of rotatable bonds is 5. The summed E-state index contributed by atoms with van der Waals surface area (Å²) in [7, 11) is 3.59. The van der Waals surface area contributed by atoms with E-state index < -0.39 is 0 Å². The standard InChI is InChI=1S/C25H26N4O2S/c1-27-25-21(23(26-27)19-9-6-10-20(15-19)31-2)16-22(32-25)24(30)29-13-11-28(12-14-29)17-18-7-4-3-5-8-18/h3-10,15-16H,11-14,17H2,1-2H3. The van der Waals surface area contributed by atoms with Gasteiger partial charge in [-0.25, -0.2) is 0 Å². The zero-order valence-corrected chi connectivity index (χ0v) is 19.1. The fraction of sp³-hybridized carbons (Fsp3) is 0.280. The first-order valence-electron chi connectivity index (χ1n) is 10.8. The summed E-state index contributed by atoms with van der Waals surface area (Å²) < 4.78 is 7.23. The number of thiophene rings is 1. The molecule has 0 radical (unpaired) electrons. The third-order valence-corrected chi connectivity index (χ3v) is 7.16. The van der Waals surface area contributed by atoms with Gasteiger partial charge in [0.25, 0.3) is 5.91 Å². The highest BCUT2D eigenvalue weighted by molar-refractivity contribution is 7.20. The maximum atomic E-state index is 13.3. The summed E-state index contributed by atoms with van der Waals surface area (Å²) in [6, 6.07) is 20.4. The smallest absolute Gasteiger partial charge is 0.264 e. The molecular formula is C25H26N4O2S. The molecule has 1 aliphatic rings. The number of carbonyl (C=O) groups is 1. The van der Waals surface area contributed by atoms with Crippen molar-refractivity contribution >= 4 is 27.5 Å². The van der Waals surface area contributed by atoms with Crippen molar-refractivity contribution < 1.29 is 9.53 Å². The fourth-order valence-corrected chi connectivity index (χ4v) is 5.28. The molecule has 1 aliphatic heterocycles. The second-order valence-corrected chi connectivity index (χ2v) is 9.12. The number of carbonyl (C=O) groups excluding carboxylic acids is 1. The van der Waals surface area contributed by atoms with Crippen LogP contribution in [0.2, 0.25) is 0 Å². The van der Waals surface area contributed by atoms with Gasteiger partial charge in [-0.05, 0) is 23.8 Å². The van der Waals surface area contributed by atoms with E-state index in [0.717, 1.165) is 64.8 Å². The minimum Gasteiger partial charge on any atom is -0.497 e. The molecule has 3 heterocycles. The number of benzene rings is 2. The van der Waals surface area contributed by atoms with Crippen molar-refractivity contribution in [2.75, 3.05) is 33.3 Å². The molecule has 0 saturated carbocycles. The normalized spacial score (nSPS) is 14.8.